The number of nitrogens with zero attached hydrogens (tertiary/aromatic N) is 5. The number of unbranched alkanes of at least 4 members (excludes halogenated alkanes) is 6. The molecular formula is C93H122N10O30S6+2. The summed E-state index contributed by atoms with van der Waals surface area (Å²) in [6, 6.07) is 32.3. The number of benzene rings is 4. The van der Waals surface area contributed by atoms with E-state index in [9.17, 15) is 64.3 Å². The van der Waals surface area contributed by atoms with Crippen LogP contribution in [0.25, 0.3) is 34.4 Å². The number of carbonyl (C=O) groups excluding carboxylic acids is 7. The van der Waals surface area contributed by atoms with Crippen molar-refractivity contribution in [3.63, 3.8) is 0 Å². The number of nitrogens with one attached hydrogen (secondary N) is 4. The number of aryl methyl sites for hydroxylation is 2. The van der Waals surface area contributed by atoms with E-state index in [1.165, 1.54) is 18.2 Å². The molecule has 2 unspecified atom stereocenters. The highest BCUT2D eigenvalue weighted by molar-refractivity contribution is 7.86. The highest BCUT2D eigenvalue weighted by Gasteiger charge is 2.51. The van der Waals surface area contributed by atoms with E-state index >= 15 is 0 Å². The second-order valence-corrected chi connectivity index (χ2v) is 38.2. The zero-order valence-electron chi connectivity index (χ0n) is 78.9. The summed E-state index contributed by atoms with van der Waals surface area (Å²) < 4.78 is 184. The maximum Gasteiger partial charge on any atom is 0.425 e. The molecule has 5 heterocycles. The van der Waals surface area contributed by atoms with Crippen LogP contribution in [0.2, 0.25) is 0 Å². The van der Waals surface area contributed by atoms with E-state index in [1.54, 1.807) is 0 Å². The Hall–Kier alpha value is -12.4. The number of rotatable bonds is 39. The summed E-state index contributed by atoms with van der Waals surface area (Å²) in [6.45, 7) is 19.9. The van der Waals surface area contributed by atoms with Crippen molar-refractivity contribution in [2.75, 3.05) is 67.6 Å². The molecule has 11 rings (SSSR count). The molecule has 40 nitrogen and oxygen atoms in total. The standard InChI is InChI=1S/C48H59N5O10S.C44H56N4O8S.CH5N.4O3S/c1-5-7-29-51-37-16-11-10-15-36(37)47(3,4)40(51)22-20-34-31-35(21-25-43-52(28-6-2)38-17-12-13-18-39(38)62-43)33-48(32-34,46(58)50-27-30-64(59,60)61)45(57)49-26-14-8-9-19-44(56)63-53-41(54)23-24-42(53)55;1-5-7-27-47-35-16-11-10-15-34(35)43(3,4)38(47)22-20-32-29-33(21-23-39-48(26-6-2)36-17-12-13-18-37(36)56-39)31-44(30-32,42(52)46-25-28-57(53,54)55)41(51)45-24-14-8-9-19-40(49)50;1-2;4*1-4(2)3/h10-13,15-18,20-22,25,31H,5-9,14,19,23-24,26-30,32-33H2,1-4H3,(H2-,49,50,57,58,59,60,61);10-13,15-18,20-23,29H,5-9,14,19,24-28,30-31H2,1-4H3,(H3-,45,46,49,50,51,52,53,54,55);2H2,1H3;;;;/p+2. The van der Waals surface area contributed by atoms with Gasteiger partial charge in [-0.15, -0.1) is 55.6 Å². The van der Waals surface area contributed by atoms with Crippen LogP contribution in [-0.2, 0) is 130 Å². The molecule has 6 amide bonds. The number of hydroxylamine groups is 2. The van der Waals surface area contributed by atoms with Gasteiger partial charge in [0.25, 0.3) is 43.1 Å². The molecule has 4 aromatic carbocycles. The second kappa shape index (κ2) is 56.6. The number of oxazole rings is 2. The number of aliphatic carboxylic acids is 1. The van der Waals surface area contributed by atoms with Crippen molar-refractivity contribution in [2.24, 2.45) is 16.6 Å². The Morgan fingerprint density at radius 2 is 0.791 bits per heavy atom. The average molecular weight is 2050 g/mol. The topological polar surface area (TPSA) is 598 Å². The number of carbonyl (C=O) groups is 8. The number of para-hydroxylation sites is 6. The number of imide groups is 1. The van der Waals surface area contributed by atoms with Gasteiger partial charge in [-0.25, -0.2) is 4.79 Å². The molecule has 6 aromatic rings. The predicted molar refractivity (Wildman–Crippen MR) is 512 cm³/mol. The van der Waals surface area contributed by atoms with Crippen molar-refractivity contribution in [3.05, 3.63) is 202 Å². The largest absolute Gasteiger partial charge is 0.481 e. The van der Waals surface area contributed by atoms with Gasteiger partial charge >= 0.3 is 66.2 Å². The van der Waals surface area contributed by atoms with E-state index < -0.39 is 139 Å². The van der Waals surface area contributed by atoms with Gasteiger partial charge in [-0.2, -0.15) is 26.0 Å². The number of fused-ring (bicyclic) bond motifs is 4. The van der Waals surface area contributed by atoms with Gasteiger partial charge in [-0.3, -0.25) is 42.7 Å². The van der Waals surface area contributed by atoms with E-state index in [1.807, 2.05) is 115 Å². The molecule has 2 atom stereocenters. The first-order valence-corrected chi connectivity index (χ1v) is 52.1. The average Bonchev–Trinajstić information content (AvgIpc) is 1.59. The Morgan fingerprint density at radius 1 is 0.453 bits per heavy atom. The maximum atomic E-state index is 14.6. The van der Waals surface area contributed by atoms with Gasteiger partial charge in [-0.1, -0.05) is 166 Å². The van der Waals surface area contributed by atoms with Crippen LogP contribution in [0.4, 0.5) is 11.4 Å². The lowest BCUT2D eigenvalue weighted by Gasteiger charge is -2.35. The fraction of sp³-hybridized carbons (Fsp3) is 0.462. The zero-order valence-corrected chi connectivity index (χ0v) is 83.8. The minimum Gasteiger partial charge on any atom is -0.481 e. The van der Waals surface area contributed by atoms with Gasteiger partial charge in [0, 0.05) is 124 Å². The molecule has 1 fully saturated rings. The van der Waals surface area contributed by atoms with E-state index in [4.69, 9.17) is 69.3 Å². The fourth-order valence-corrected chi connectivity index (χ4v) is 17.2. The quantitative estimate of drug-likeness (QED) is 0.00586. The molecule has 2 aliphatic carbocycles. The van der Waals surface area contributed by atoms with Crippen molar-refractivity contribution < 1.29 is 143 Å². The number of hydrogen-bond donors (Lipinski definition) is 8. The molecule has 5 aliphatic rings. The fourth-order valence-electron chi connectivity index (χ4n) is 16.5. The second-order valence-electron chi connectivity index (χ2n) is 33.4. The monoisotopic (exact) mass is 2050 g/mol. The summed E-state index contributed by atoms with van der Waals surface area (Å²) in [4.78, 5) is 114. The summed E-state index contributed by atoms with van der Waals surface area (Å²) in [7, 11) is -19.7. The molecular weight excluding hydrogens is 1930 g/mol. The Balaban J connectivity index is 0.000000419. The van der Waals surface area contributed by atoms with Crippen LogP contribution in [-0.4, -0.2) is 192 Å². The smallest absolute Gasteiger partial charge is 0.425 e. The van der Waals surface area contributed by atoms with E-state index in [0.717, 1.165) is 103 Å². The van der Waals surface area contributed by atoms with Gasteiger partial charge in [-0.05, 0) is 153 Å². The van der Waals surface area contributed by atoms with Crippen molar-refractivity contribution in [1.29, 1.82) is 0 Å². The third kappa shape index (κ3) is 36.1. The van der Waals surface area contributed by atoms with Crippen LogP contribution in [0.15, 0.2) is 188 Å². The van der Waals surface area contributed by atoms with Gasteiger partial charge in [0.1, 0.15) is 10.8 Å². The minimum atomic E-state index is -4.42. The number of amides is 6. The summed E-state index contributed by atoms with van der Waals surface area (Å²) in [5.74, 6) is -5.38. The normalized spacial score (nSPS) is 17.8. The third-order valence-corrected chi connectivity index (χ3v) is 24.2. The van der Waals surface area contributed by atoms with Gasteiger partial charge in [0.2, 0.25) is 34.8 Å². The van der Waals surface area contributed by atoms with Gasteiger partial charge in [0.05, 0.1) is 23.7 Å². The van der Waals surface area contributed by atoms with Crippen molar-refractivity contribution >= 4 is 156 Å². The molecule has 2 aromatic heterocycles. The molecule has 758 valence electrons. The molecule has 3 aliphatic heterocycles. The van der Waals surface area contributed by atoms with Crippen LogP contribution in [0, 0.1) is 10.8 Å². The zero-order chi connectivity index (χ0) is 104. The number of anilines is 2. The van der Waals surface area contributed by atoms with Crippen molar-refractivity contribution in [2.45, 2.75) is 208 Å². The summed E-state index contributed by atoms with van der Waals surface area (Å²) >= 11 is 0. The number of carboxylic acids is 1. The molecule has 0 bridgehead atoms. The Morgan fingerprint density at radius 3 is 1.14 bits per heavy atom. The lowest BCUT2D eigenvalue weighted by Crippen LogP contribution is -2.53. The number of aromatic nitrogens is 2. The minimum absolute atomic E-state index is 0.000668. The van der Waals surface area contributed by atoms with Crippen molar-refractivity contribution in [1.82, 2.24) is 26.3 Å². The number of allylic oxidation sites excluding steroid dienone is 14. The van der Waals surface area contributed by atoms with E-state index in [2.05, 4.69) is 144 Å². The van der Waals surface area contributed by atoms with Crippen molar-refractivity contribution in [3.8, 4) is 0 Å². The summed E-state index contributed by atoms with van der Waals surface area (Å²) in [5, 5.41) is 20.7. The first-order valence-electron chi connectivity index (χ1n) is 44.8. The van der Waals surface area contributed by atoms with Crippen LogP contribution >= 0.6 is 0 Å². The first kappa shape index (κ1) is 117. The highest BCUT2D eigenvalue weighted by atomic mass is 32.2. The predicted octanol–water partition coefficient (Wildman–Crippen LogP) is 9.13. The molecule has 9 N–H and O–H groups in total. The Bertz CT molecular complexity index is 6250. The molecule has 0 saturated carbocycles. The lowest BCUT2D eigenvalue weighted by molar-refractivity contribution is -0.678. The Kier molecular flexibility index (Phi) is 47.6. The molecule has 0 radical (unpaired) electrons. The van der Waals surface area contributed by atoms with Crippen LogP contribution < -0.4 is 45.9 Å². The highest BCUT2D eigenvalue weighted by Crippen LogP contribution is 2.51. The number of nitrogens with two attached hydrogens (primary N) is 1. The number of carboxylic acid groups (broad SMARTS) is 1. The van der Waals surface area contributed by atoms with Gasteiger partial charge < -0.3 is 55.6 Å². The van der Waals surface area contributed by atoms with Crippen LogP contribution in [0.3, 0.4) is 0 Å². The summed E-state index contributed by atoms with van der Waals surface area (Å²) in [6.07, 6.45) is 28.0. The van der Waals surface area contributed by atoms with Crippen LogP contribution in [0.1, 0.15) is 207 Å². The third-order valence-electron chi connectivity index (χ3n) is 22.7. The molecule has 0 spiro atoms. The van der Waals surface area contributed by atoms with E-state index in [-0.39, 0.29) is 81.8 Å². The van der Waals surface area contributed by atoms with E-state index in [0.29, 0.717) is 84.2 Å². The molecule has 1 saturated heterocycles. The molecule has 139 heavy (non-hydrogen) atoms. The Labute approximate surface area is 813 Å². The van der Waals surface area contributed by atoms with Crippen LogP contribution in [0.5, 0.6) is 0 Å². The number of hydrogen-bond acceptors (Lipinski definition) is 30. The first-order chi connectivity index (χ1) is 65.7. The van der Waals surface area contributed by atoms with Gasteiger partial charge in [0.15, 0.2) is 13.1 Å². The SMILES string of the molecule is CCCCN1C(=CC=C2C=C(C=Cc3oc4ccccc4[n+]3CCC)CC(C(=O)NCCCCCC(=O)O)(C(=O)NCCS(=O)(=O)O)C2)C(C)(C)c2ccccc21.CCCCN1C(=CC=C2C=C(C=Cc3oc4ccccc4[n+]3CCC)CC(C(=O)NCCCCCC(=O)ON3C(=O)CCC3=O)(C(=O)NCCS(=O)(=O)O)C2)C(C)(C)c2ccccc21.CN.O=S(=O)=O.O=S(=O)=O.O=S(=O)=O.O=S(=O)=O. The lowest BCUT2D eigenvalue weighted by atomic mass is 9.70. The molecule has 46 heteroatoms. The maximum absolute atomic E-state index is 14.6. The summed E-state index contributed by atoms with van der Waals surface area (Å²) in [5.41, 5.74) is 13.4.